The summed E-state index contributed by atoms with van der Waals surface area (Å²) < 4.78 is 1.60. The molecule has 3 rings (SSSR count). The molecule has 1 aromatic carbocycles. The largest absolute Gasteiger partial charge is 0.335 e. The van der Waals surface area contributed by atoms with Gasteiger partial charge in [-0.25, -0.2) is 4.79 Å². The van der Waals surface area contributed by atoms with Gasteiger partial charge in [0.15, 0.2) is 0 Å². The highest BCUT2D eigenvalue weighted by molar-refractivity contribution is 8.00. The van der Waals surface area contributed by atoms with Gasteiger partial charge in [0.05, 0.1) is 10.9 Å². The lowest BCUT2D eigenvalue weighted by molar-refractivity contribution is -0.119. The summed E-state index contributed by atoms with van der Waals surface area (Å²) in [5, 5.41) is 17.1. The quantitative estimate of drug-likeness (QED) is 0.700. The highest BCUT2D eigenvalue weighted by Crippen LogP contribution is 2.24. The molecule has 1 heterocycles. The van der Waals surface area contributed by atoms with Crippen LogP contribution in [0.25, 0.3) is 5.69 Å². The van der Waals surface area contributed by atoms with Crippen LogP contribution in [0.2, 0.25) is 0 Å². The van der Waals surface area contributed by atoms with Gasteiger partial charge in [-0.2, -0.15) is 4.68 Å². The van der Waals surface area contributed by atoms with Crippen LogP contribution in [0, 0.1) is 0 Å². The number of hydrogen-bond donors (Lipinski definition) is 2. The molecule has 0 unspecified atom stereocenters. The second-order valence-corrected chi connectivity index (χ2v) is 8.99. The van der Waals surface area contributed by atoms with E-state index in [1.807, 2.05) is 24.3 Å². The first-order chi connectivity index (χ1) is 13.9. The van der Waals surface area contributed by atoms with Gasteiger partial charge >= 0.3 is 6.03 Å². The van der Waals surface area contributed by atoms with Crippen molar-refractivity contribution in [2.24, 2.45) is 0 Å². The Labute approximate surface area is 175 Å². The Bertz CT molecular complexity index is 830. The Morgan fingerprint density at radius 3 is 2.45 bits per heavy atom. The molecule has 1 fully saturated rings. The molecule has 8 nitrogen and oxygen atoms in total. The molecule has 1 aromatic heterocycles. The predicted molar refractivity (Wildman–Crippen MR) is 112 cm³/mol. The average Bonchev–Trinajstić information content (AvgIpc) is 3.16. The van der Waals surface area contributed by atoms with Crippen LogP contribution in [0.3, 0.4) is 0 Å². The maximum Gasteiger partial charge on any atom is 0.321 e. The van der Waals surface area contributed by atoms with Crippen LogP contribution in [0.1, 0.15) is 64.4 Å². The van der Waals surface area contributed by atoms with Gasteiger partial charge < -0.3 is 5.32 Å². The van der Waals surface area contributed by atoms with Crippen molar-refractivity contribution in [1.82, 2.24) is 30.8 Å². The molecule has 29 heavy (non-hydrogen) atoms. The summed E-state index contributed by atoms with van der Waals surface area (Å²) >= 11 is 1.21. The van der Waals surface area contributed by atoms with Crippen LogP contribution < -0.4 is 10.6 Å². The fraction of sp³-hybridized carbons (Fsp3) is 0.550. The van der Waals surface area contributed by atoms with Crippen LogP contribution in [-0.2, 0) is 4.79 Å². The fourth-order valence-corrected chi connectivity index (χ4v) is 4.12. The van der Waals surface area contributed by atoms with Gasteiger partial charge in [0.2, 0.25) is 11.1 Å². The highest BCUT2D eigenvalue weighted by Gasteiger charge is 2.22. The average molecular weight is 417 g/mol. The van der Waals surface area contributed by atoms with E-state index < -0.39 is 11.3 Å². The fourth-order valence-electron chi connectivity index (χ4n) is 3.31. The lowest BCUT2D eigenvalue weighted by atomic mass is 9.96. The van der Waals surface area contributed by atoms with Gasteiger partial charge in [0.1, 0.15) is 0 Å². The molecule has 156 valence electrons. The van der Waals surface area contributed by atoms with E-state index in [4.69, 9.17) is 0 Å². The van der Waals surface area contributed by atoms with Crippen LogP contribution in [-0.4, -0.2) is 43.4 Å². The van der Waals surface area contributed by atoms with Gasteiger partial charge in [-0.05, 0) is 53.8 Å². The molecule has 9 heteroatoms. The molecule has 0 spiro atoms. The number of nitrogens with zero attached hydrogens (tertiary/aromatic N) is 4. The van der Waals surface area contributed by atoms with E-state index in [1.165, 1.54) is 23.7 Å². The second kappa shape index (κ2) is 9.87. The van der Waals surface area contributed by atoms with Crippen LogP contribution in [0.15, 0.2) is 29.4 Å². The van der Waals surface area contributed by atoms with Gasteiger partial charge in [-0.1, -0.05) is 57.0 Å². The maximum absolute atomic E-state index is 12.4. The minimum atomic E-state index is -0.521. The number of amides is 3. The molecule has 1 atom stereocenters. The molecule has 3 amide bonds. The molecule has 0 saturated heterocycles. The summed E-state index contributed by atoms with van der Waals surface area (Å²) in [6, 6.07) is 7.72. The molecule has 1 aliphatic rings. The number of rotatable bonds is 6. The van der Waals surface area contributed by atoms with Gasteiger partial charge in [-0.15, -0.1) is 5.10 Å². The zero-order valence-electron chi connectivity index (χ0n) is 17.1. The zero-order valence-corrected chi connectivity index (χ0v) is 17.9. The number of thioether (sulfide) groups is 1. The third kappa shape index (κ3) is 5.79. The summed E-state index contributed by atoms with van der Waals surface area (Å²) in [5.74, 6) is 0.0725. The van der Waals surface area contributed by atoms with E-state index in [1.54, 1.807) is 11.6 Å². The topological polar surface area (TPSA) is 102 Å². The van der Waals surface area contributed by atoms with Crippen molar-refractivity contribution in [3.63, 3.8) is 0 Å². The Hall–Kier alpha value is -2.42. The van der Waals surface area contributed by atoms with Gasteiger partial charge in [-0.3, -0.25) is 10.1 Å². The molecule has 1 saturated carbocycles. The molecular formula is C20H28N6O2S. The molecule has 0 aliphatic heterocycles. The van der Waals surface area contributed by atoms with E-state index in [2.05, 4.69) is 40.0 Å². The maximum atomic E-state index is 12.4. The summed E-state index contributed by atoms with van der Waals surface area (Å²) in [5.41, 5.74) is 2.05. The van der Waals surface area contributed by atoms with Crippen LogP contribution in [0.5, 0.6) is 0 Å². The summed E-state index contributed by atoms with van der Waals surface area (Å²) in [6.07, 6.45) is 5.38. The third-order valence-corrected chi connectivity index (χ3v) is 6.11. The number of imide groups is 1. The predicted octanol–water partition coefficient (Wildman–Crippen LogP) is 3.42. The standard InChI is InChI=1S/C20H28N6O2S/c1-13(2)15-9-11-17(12-10-15)26-20(23-24-25-26)29-14(3)18(27)22-19(28)21-16-7-5-4-6-8-16/h9-14,16H,4-8H2,1-3H3,(H2,21,22,27,28)/t14-/m1/s1. The minimum Gasteiger partial charge on any atom is -0.335 e. The highest BCUT2D eigenvalue weighted by atomic mass is 32.2. The zero-order chi connectivity index (χ0) is 20.8. The van der Waals surface area contributed by atoms with Crippen LogP contribution >= 0.6 is 11.8 Å². The van der Waals surface area contributed by atoms with Crippen molar-refractivity contribution in [2.75, 3.05) is 0 Å². The first-order valence-electron chi connectivity index (χ1n) is 10.1. The van der Waals surface area contributed by atoms with E-state index in [0.717, 1.165) is 31.4 Å². The van der Waals surface area contributed by atoms with E-state index >= 15 is 0 Å². The van der Waals surface area contributed by atoms with Gasteiger partial charge in [0.25, 0.3) is 0 Å². The monoisotopic (exact) mass is 416 g/mol. The third-order valence-electron chi connectivity index (χ3n) is 5.07. The number of aromatic nitrogens is 4. The summed E-state index contributed by atoms with van der Waals surface area (Å²) in [6.45, 7) is 6.00. The molecule has 1 aliphatic carbocycles. The van der Waals surface area contributed by atoms with Gasteiger partial charge in [0, 0.05) is 6.04 Å². The lowest BCUT2D eigenvalue weighted by Crippen LogP contribution is -2.47. The number of nitrogens with one attached hydrogen (secondary N) is 2. The summed E-state index contributed by atoms with van der Waals surface area (Å²) in [4.78, 5) is 24.5. The molecule has 0 radical (unpaired) electrons. The number of benzene rings is 1. The van der Waals surface area contributed by atoms with Crippen molar-refractivity contribution in [2.45, 2.75) is 75.2 Å². The van der Waals surface area contributed by atoms with Crippen molar-refractivity contribution in [3.8, 4) is 5.69 Å². The van der Waals surface area contributed by atoms with Crippen molar-refractivity contribution in [3.05, 3.63) is 29.8 Å². The lowest BCUT2D eigenvalue weighted by Gasteiger charge is -2.23. The Morgan fingerprint density at radius 2 is 1.79 bits per heavy atom. The number of tetrazole rings is 1. The van der Waals surface area contributed by atoms with Crippen molar-refractivity contribution in [1.29, 1.82) is 0 Å². The molecule has 2 N–H and O–H groups in total. The molecule has 2 aromatic rings. The number of carbonyl (C=O) groups is 2. The SMILES string of the molecule is CC(C)c1ccc(-n2nnnc2S[C@H](C)C(=O)NC(=O)NC2CCCCC2)cc1. The normalized spacial score (nSPS) is 15.9. The van der Waals surface area contributed by atoms with E-state index in [0.29, 0.717) is 11.1 Å². The molecule has 0 bridgehead atoms. The Morgan fingerprint density at radius 1 is 1.10 bits per heavy atom. The first kappa shape index (κ1) is 21.3. The first-order valence-corrected chi connectivity index (χ1v) is 11.0. The Balaban J connectivity index is 1.57. The van der Waals surface area contributed by atoms with E-state index in [9.17, 15) is 9.59 Å². The smallest absolute Gasteiger partial charge is 0.321 e. The minimum absolute atomic E-state index is 0.153. The second-order valence-electron chi connectivity index (χ2n) is 7.68. The van der Waals surface area contributed by atoms with Crippen molar-refractivity contribution >= 4 is 23.7 Å². The van der Waals surface area contributed by atoms with Crippen molar-refractivity contribution < 1.29 is 9.59 Å². The number of urea groups is 1. The summed E-state index contributed by atoms with van der Waals surface area (Å²) in [7, 11) is 0. The molecular weight excluding hydrogens is 388 g/mol. The number of carbonyl (C=O) groups excluding carboxylic acids is 2. The van der Waals surface area contributed by atoms with E-state index in [-0.39, 0.29) is 11.9 Å². The Kier molecular flexibility index (Phi) is 7.24. The van der Waals surface area contributed by atoms with Crippen LogP contribution in [0.4, 0.5) is 4.79 Å². The number of hydrogen-bond acceptors (Lipinski definition) is 6.